The lowest BCUT2D eigenvalue weighted by Gasteiger charge is -2.22. The fourth-order valence-electron chi connectivity index (χ4n) is 1.70. The Kier molecular flexibility index (Phi) is 5.08. The molecule has 0 saturated carbocycles. The first-order chi connectivity index (χ1) is 9.32. The predicted octanol–water partition coefficient (Wildman–Crippen LogP) is 0.469. The summed E-state index contributed by atoms with van der Waals surface area (Å²) in [5.74, 6) is -2.11. The first-order valence-electron chi connectivity index (χ1n) is 5.94. The maximum absolute atomic E-state index is 12.0. The average molecular weight is 279 g/mol. The number of anilines is 1. The van der Waals surface area contributed by atoms with Gasteiger partial charge >= 0.3 is 12.0 Å². The topological polar surface area (TPSA) is 113 Å². The highest BCUT2D eigenvalue weighted by molar-refractivity contribution is 5.95. The molecule has 0 spiro atoms. The second-order valence-corrected chi connectivity index (χ2v) is 4.36. The number of para-hydroxylation sites is 1. The van der Waals surface area contributed by atoms with Crippen LogP contribution in [0.5, 0.6) is 0 Å². The van der Waals surface area contributed by atoms with Gasteiger partial charge < -0.3 is 16.2 Å². The zero-order valence-corrected chi connectivity index (χ0v) is 11.3. The predicted molar refractivity (Wildman–Crippen MR) is 73.3 cm³/mol. The third-order valence-corrected chi connectivity index (χ3v) is 2.78. The van der Waals surface area contributed by atoms with Gasteiger partial charge in [-0.15, -0.1) is 0 Å². The molecule has 0 aromatic heterocycles. The summed E-state index contributed by atoms with van der Waals surface area (Å²) in [4.78, 5) is 35.0. The van der Waals surface area contributed by atoms with Crippen molar-refractivity contribution in [3.63, 3.8) is 0 Å². The molecule has 1 rings (SSSR count). The van der Waals surface area contributed by atoms with E-state index in [-0.39, 0.29) is 0 Å². The SMILES string of the molecule is Cc1ccccc1N(C)C(=O)N[C@@H](CC(N)=O)C(=O)O. The monoisotopic (exact) mass is 279 g/mol. The normalized spacial score (nSPS) is 11.5. The molecule has 1 aromatic carbocycles. The molecule has 0 aliphatic carbocycles. The van der Waals surface area contributed by atoms with Crippen molar-refractivity contribution in [2.75, 3.05) is 11.9 Å². The fourth-order valence-corrected chi connectivity index (χ4v) is 1.70. The van der Waals surface area contributed by atoms with Gasteiger partial charge in [0, 0.05) is 12.7 Å². The number of hydrogen-bond acceptors (Lipinski definition) is 3. The third kappa shape index (κ3) is 3.98. The van der Waals surface area contributed by atoms with Crippen LogP contribution in [0.3, 0.4) is 0 Å². The van der Waals surface area contributed by atoms with Crippen molar-refractivity contribution < 1.29 is 19.5 Å². The largest absolute Gasteiger partial charge is 0.480 e. The Morgan fingerprint density at radius 3 is 2.45 bits per heavy atom. The van der Waals surface area contributed by atoms with Crippen LogP contribution in [-0.2, 0) is 9.59 Å². The zero-order valence-electron chi connectivity index (χ0n) is 11.3. The Balaban J connectivity index is 2.81. The quantitative estimate of drug-likeness (QED) is 0.727. The summed E-state index contributed by atoms with van der Waals surface area (Å²) in [6, 6.07) is 5.21. The minimum atomic E-state index is -1.34. The molecule has 7 nitrogen and oxygen atoms in total. The summed E-state index contributed by atoms with van der Waals surface area (Å²) in [6.07, 6.45) is -0.456. The second kappa shape index (κ2) is 6.55. The van der Waals surface area contributed by atoms with Gasteiger partial charge in [0.2, 0.25) is 5.91 Å². The molecule has 4 N–H and O–H groups in total. The number of primary amides is 1. The number of hydrogen-bond donors (Lipinski definition) is 3. The maximum Gasteiger partial charge on any atom is 0.326 e. The maximum atomic E-state index is 12.0. The van der Waals surface area contributed by atoms with E-state index in [0.29, 0.717) is 5.69 Å². The van der Waals surface area contributed by atoms with E-state index in [1.807, 2.05) is 19.1 Å². The van der Waals surface area contributed by atoms with E-state index >= 15 is 0 Å². The van der Waals surface area contributed by atoms with Crippen molar-refractivity contribution in [1.29, 1.82) is 0 Å². The molecule has 0 aliphatic heterocycles. The van der Waals surface area contributed by atoms with Gasteiger partial charge in [0.05, 0.1) is 6.42 Å². The summed E-state index contributed by atoms with van der Waals surface area (Å²) >= 11 is 0. The lowest BCUT2D eigenvalue weighted by atomic mass is 10.2. The number of benzene rings is 1. The van der Waals surface area contributed by atoms with Gasteiger partial charge in [0.1, 0.15) is 6.04 Å². The van der Waals surface area contributed by atoms with E-state index in [1.54, 1.807) is 12.1 Å². The lowest BCUT2D eigenvalue weighted by molar-refractivity contribution is -0.140. The minimum Gasteiger partial charge on any atom is -0.480 e. The molecule has 20 heavy (non-hydrogen) atoms. The van der Waals surface area contributed by atoms with Gasteiger partial charge in [-0.05, 0) is 18.6 Å². The smallest absolute Gasteiger partial charge is 0.326 e. The molecule has 0 unspecified atom stereocenters. The molecule has 0 aliphatic rings. The summed E-state index contributed by atoms with van der Waals surface area (Å²) < 4.78 is 0. The number of nitrogens with one attached hydrogen (secondary N) is 1. The zero-order chi connectivity index (χ0) is 15.3. The van der Waals surface area contributed by atoms with Crippen LogP contribution in [0, 0.1) is 6.92 Å². The summed E-state index contributed by atoms with van der Waals surface area (Å²) in [7, 11) is 1.51. The summed E-state index contributed by atoms with van der Waals surface area (Å²) in [5.41, 5.74) is 6.47. The van der Waals surface area contributed by atoms with Gasteiger partial charge in [0.25, 0.3) is 0 Å². The third-order valence-electron chi connectivity index (χ3n) is 2.78. The van der Waals surface area contributed by atoms with Gasteiger partial charge in [0.15, 0.2) is 0 Å². The van der Waals surface area contributed by atoms with Crippen LogP contribution in [0.1, 0.15) is 12.0 Å². The standard InChI is InChI=1S/C13H17N3O4/c1-8-5-3-4-6-10(8)16(2)13(20)15-9(12(18)19)7-11(14)17/h3-6,9H,7H2,1-2H3,(H2,14,17)(H,15,20)(H,18,19)/t9-/m0/s1. The van der Waals surface area contributed by atoms with E-state index in [0.717, 1.165) is 5.56 Å². The molecule has 1 aromatic rings. The molecule has 0 fully saturated rings. The highest BCUT2D eigenvalue weighted by atomic mass is 16.4. The number of aliphatic carboxylic acids is 1. The van der Waals surface area contributed by atoms with E-state index in [9.17, 15) is 14.4 Å². The molecule has 3 amide bonds. The Bertz CT molecular complexity index is 530. The number of amides is 3. The Labute approximate surface area is 116 Å². The molecule has 0 heterocycles. The lowest BCUT2D eigenvalue weighted by Crippen LogP contribution is -2.48. The van der Waals surface area contributed by atoms with Crippen LogP contribution >= 0.6 is 0 Å². The molecule has 0 radical (unpaired) electrons. The number of nitrogens with zero attached hydrogens (tertiary/aromatic N) is 1. The van der Waals surface area contributed by atoms with Crippen LogP contribution in [0.25, 0.3) is 0 Å². The summed E-state index contributed by atoms with van der Waals surface area (Å²) in [6.45, 7) is 1.83. The van der Waals surface area contributed by atoms with Gasteiger partial charge in [-0.1, -0.05) is 18.2 Å². The molecular weight excluding hydrogens is 262 g/mol. The van der Waals surface area contributed by atoms with Crippen molar-refractivity contribution in [3.8, 4) is 0 Å². The van der Waals surface area contributed by atoms with Crippen LogP contribution < -0.4 is 16.0 Å². The van der Waals surface area contributed by atoms with Crippen molar-refractivity contribution in [2.45, 2.75) is 19.4 Å². The molecule has 108 valence electrons. The van der Waals surface area contributed by atoms with E-state index in [2.05, 4.69) is 5.32 Å². The van der Waals surface area contributed by atoms with Crippen LogP contribution in [0.4, 0.5) is 10.5 Å². The number of carboxylic acids is 1. The molecule has 7 heteroatoms. The Morgan fingerprint density at radius 1 is 1.35 bits per heavy atom. The van der Waals surface area contributed by atoms with Gasteiger partial charge in [-0.25, -0.2) is 9.59 Å². The average Bonchev–Trinajstić information content (AvgIpc) is 2.37. The number of carbonyl (C=O) groups excluding carboxylic acids is 2. The van der Waals surface area contributed by atoms with Crippen molar-refractivity contribution in [1.82, 2.24) is 5.32 Å². The number of aryl methyl sites for hydroxylation is 1. The van der Waals surface area contributed by atoms with E-state index in [4.69, 9.17) is 10.8 Å². The van der Waals surface area contributed by atoms with Gasteiger partial charge in [-0.2, -0.15) is 0 Å². The fraction of sp³-hybridized carbons (Fsp3) is 0.308. The molecule has 0 saturated heterocycles. The number of carbonyl (C=O) groups is 3. The molecule has 0 bridgehead atoms. The van der Waals surface area contributed by atoms with Gasteiger partial charge in [-0.3, -0.25) is 9.69 Å². The summed E-state index contributed by atoms with van der Waals surface area (Å²) in [5, 5.41) is 11.2. The van der Waals surface area contributed by atoms with Crippen LogP contribution in [0.2, 0.25) is 0 Å². The Morgan fingerprint density at radius 2 is 1.95 bits per heavy atom. The highest BCUT2D eigenvalue weighted by Gasteiger charge is 2.24. The first kappa shape index (κ1) is 15.5. The van der Waals surface area contributed by atoms with E-state index in [1.165, 1.54) is 11.9 Å². The van der Waals surface area contributed by atoms with Crippen LogP contribution in [0.15, 0.2) is 24.3 Å². The molecule has 1 atom stereocenters. The second-order valence-electron chi connectivity index (χ2n) is 4.36. The number of nitrogens with two attached hydrogens (primary N) is 1. The van der Waals surface area contributed by atoms with Crippen molar-refractivity contribution in [2.24, 2.45) is 5.73 Å². The van der Waals surface area contributed by atoms with Crippen molar-refractivity contribution in [3.05, 3.63) is 29.8 Å². The number of urea groups is 1. The number of rotatable bonds is 5. The highest BCUT2D eigenvalue weighted by Crippen LogP contribution is 2.17. The number of carboxylic acid groups (broad SMARTS) is 1. The Hall–Kier alpha value is -2.57. The van der Waals surface area contributed by atoms with E-state index < -0.39 is 30.4 Å². The molecular formula is C13H17N3O4. The van der Waals surface area contributed by atoms with Crippen LogP contribution in [-0.4, -0.2) is 36.1 Å². The van der Waals surface area contributed by atoms with Crippen molar-refractivity contribution >= 4 is 23.6 Å². The minimum absolute atomic E-state index is 0.456. The first-order valence-corrected chi connectivity index (χ1v) is 5.94.